The molecule has 2 aromatic carbocycles. The zero-order valence-corrected chi connectivity index (χ0v) is 11.1. The molecule has 0 saturated carbocycles. The number of hydrogen-bond donors (Lipinski definition) is 1. The molecule has 3 heteroatoms. The number of aliphatic hydroxyl groups excluding tert-OH is 1. The largest absolute Gasteiger partial charge is 0.497 e. The molecule has 1 unspecified atom stereocenters. The van der Waals surface area contributed by atoms with Gasteiger partial charge in [0.1, 0.15) is 17.7 Å². The third kappa shape index (κ3) is 2.93. The Bertz CT molecular complexity index is 566. The minimum absolute atomic E-state index is 0.283. The molecule has 0 fully saturated rings. The highest BCUT2D eigenvalue weighted by Crippen LogP contribution is 2.27. The van der Waals surface area contributed by atoms with Gasteiger partial charge in [-0.15, -0.1) is 0 Å². The molecule has 0 saturated heterocycles. The van der Waals surface area contributed by atoms with Gasteiger partial charge in [0.25, 0.3) is 0 Å². The van der Waals surface area contributed by atoms with Gasteiger partial charge >= 0.3 is 0 Å². The average molecular weight is 260 g/mol. The fourth-order valence-electron chi connectivity index (χ4n) is 2.00. The Hall–Kier alpha value is -1.87. The van der Waals surface area contributed by atoms with Crippen LogP contribution in [-0.4, -0.2) is 12.2 Å². The lowest BCUT2D eigenvalue weighted by atomic mass is 9.99. The minimum Gasteiger partial charge on any atom is -0.497 e. The molecule has 0 heterocycles. The van der Waals surface area contributed by atoms with Crippen molar-refractivity contribution in [3.05, 3.63) is 65.0 Å². The van der Waals surface area contributed by atoms with Crippen molar-refractivity contribution in [1.82, 2.24) is 0 Å². The quantitative estimate of drug-likeness (QED) is 0.912. The van der Waals surface area contributed by atoms with E-state index in [0.29, 0.717) is 11.3 Å². The van der Waals surface area contributed by atoms with Crippen molar-refractivity contribution >= 4 is 0 Å². The van der Waals surface area contributed by atoms with Gasteiger partial charge in [-0.05, 0) is 35.7 Å². The van der Waals surface area contributed by atoms with Crippen LogP contribution in [0.2, 0.25) is 0 Å². The first kappa shape index (κ1) is 13.6. The molecular weight excluding hydrogens is 243 g/mol. The highest BCUT2D eigenvalue weighted by atomic mass is 19.1. The summed E-state index contributed by atoms with van der Waals surface area (Å²) in [6.07, 6.45) is -0.215. The van der Waals surface area contributed by atoms with E-state index in [0.717, 1.165) is 12.0 Å². The molecule has 0 bridgehead atoms. The van der Waals surface area contributed by atoms with Gasteiger partial charge < -0.3 is 9.84 Å². The molecule has 0 aliphatic heterocycles. The first-order valence-electron chi connectivity index (χ1n) is 6.26. The van der Waals surface area contributed by atoms with E-state index in [4.69, 9.17) is 4.74 Å². The van der Waals surface area contributed by atoms with Crippen molar-refractivity contribution < 1.29 is 14.2 Å². The predicted molar refractivity (Wildman–Crippen MR) is 72.8 cm³/mol. The van der Waals surface area contributed by atoms with Crippen molar-refractivity contribution in [3.8, 4) is 5.75 Å². The Morgan fingerprint density at radius 1 is 1.21 bits per heavy atom. The van der Waals surface area contributed by atoms with Crippen molar-refractivity contribution in [3.63, 3.8) is 0 Å². The maximum absolute atomic E-state index is 14.0. The smallest absolute Gasteiger partial charge is 0.129 e. The molecule has 100 valence electrons. The van der Waals surface area contributed by atoms with Crippen LogP contribution in [0.1, 0.15) is 29.7 Å². The molecule has 0 aliphatic rings. The summed E-state index contributed by atoms with van der Waals surface area (Å²) in [4.78, 5) is 0. The fraction of sp³-hybridized carbons (Fsp3) is 0.250. The van der Waals surface area contributed by atoms with Crippen molar-refractivity contribution in [2.24, 2.45) is 0 Å². The molecule has 0 spiro atoms. The Morgan fingerprint density at radius 2 is 2.00 bits per heavy atom. The Morgan fingerprint density at radius 3 is 2.63 bits per heavy atom. The van der Waals surface area contributed by atoms with Gasteiger partial charge in [-0.25, -0.2) is 4.39 Å². The Balaban J connectivity index is 2.35. The van der Waals surface area contributed by atoms with Gasteiger partial charge in [-0.3, -0.25) is 0 Å². The van der Waals surface area contributed by atoms with Crippen LogP contribution in [0.4, 0.5) is 4.39 Å². The lowest BCUT2D eigenvalue weighted by Gasteiger charge is -2.14. The summed E-state index contributed by atoms with van der Waals surface area (Å²) in [6, 6.07) is 12.0. The molecule has 19 heavy (non-hydrogen) atoms. The number of aryl methyl sites for hydroxylation is 1. The third-order valence-corrected chi connectivity index (χ3v) is 3.18. The van der Waals surface area contributed by atoms with E-state index in [2.05, 4.69) is 0 Å². The van der Waals surface area contributed by atoms with E-state index in [-0.39, 0.29) is 11.4 Å². The van der Waals surface area contributed by atoms with Gasteiger partial charge in [0.05, 0.1) is 7.11 Å². The minimum atomic E-state index is -0.985. The SMILES string of the molecule is CCc1ccc(C(O)c2cccc(OC)c2)c(F)c1. The van der Waals surface area contributed by atoms with E-state index in [1.807, 2.05) is 13.0 Å². The van der Waals surface area contributed by atoms with Gasteiger partial charge in [-0.2, -0.15) is 0 Å². The molecule has 1 atom stereocenters. The monoisotopic (exact) mass is 260 g/mol. The summed E-state index contributed by atoms with van der Waals surface area (Å²) in [5.74, 6) is 0.261. The first-order chi connectivity index (χ1) is 9.15. The van der Waals surface area contributed by atoms with E-state index in [1.165, 1.54) is 6.07 Å². The van der Waals surface area contributed by atoms with Crippen LogP contribution >= 0.6 is 0 Å². The number of ether oxygens (including phenoxy) is 1. The number of halogens is 1. The second-order valence-corrected chi connectivity index (χ2v) is 4.39. The van der Waals surface area contributed by atoms with Crippen molar-refractivity contribution in [2.45, 2.75) is 19.4 Å². The molecule has 0 amide bonds. The summed E-state index contributed by atoms with van der Waals surface area (Å²) in [5.41, 5.74) is 1.81. The Kier molecular flexibility index (Phi) is 4.17. The van der Waals surface area contributed by atoms with E-state index >= 15 is 0 Å². The maximum atomic E-state index is 14.0. The molecular formula is C16H17FO2. The van der Waals surface area contributed by atoms with Crippen LogP contribution in [0.3, 0.4) is 0 Å². The standard InChI is InChI=1S/C16H17FO2/c1-3-11-7-8-14(15(17)9-11)16(18)12-5-4-6-13(10-12)19-2/h4-10,16,18H,3H2,1-2H3. The molecule has 2 nitrogen and oxygen atoms in total. The van der Waals surface area contributed by atoms with Gasteiger partial charge in [0.2, 0.25) is 0 Å². The number of hydrogen-bond acceptors (Lipinski definition) is 2. The van der Waals surface area contributed by atoms with Crippen LogP contribution in [0, 0.1) is 5.82 Å². The zero-order chi connectivity index (χ0) is 13.8. The second-order valence-electron chi connectivity index (χ2n) is 4.39. The molecule has 0 aliphatic carbocycles. The normalized spacial score (nSPS) is 12.2. The highest BCUT2D eigenvalue weighted by Gasteiger charge is 2.15. The van der Waals surface area contributed by atoms with E-state index < -0.39 is 6.10 Å². The lowest BCUT2D eigenvalue weighted by Crippen LogP contribution is -2.03. The molecule has 1 N–H and O–H groups in total. The van der Waals surface area contributed by atoms with Crippen LogP contribution in [-0.2, 0) is 6.42 Å². The zero-order valence-electron chi connectivity index (χ0n) is 11.1. The maximum Gasteiger partial charge on any atom is 0.129 e. The topological polar surface area (TPSA) is 29.5 Å². The van der Waals surface area contributed by atoms with E-state index in [1.54, 1.807) is 37.4 Å². The van der Waals surface area contributed by atoms with Gasteiger partial charge in [-0.1, -0.05) is 31.2 Å². The van der Waals surface area contributed by atoms with Crippen LogP contribution in [0.5, 0.6) is 5.75 Å². The number of aliphatic hydroxyl groups is 1. The van der Waals surface area contributed by atoms with Gasteiger partial charge in [0.15, 0.2) is 0 Å². The number of rotatable bonds is 4. The number of methoxy groups -OCH3 is 1. The van der Waals surface area contributed by atoms with Crippen LogP contribution in [0.15, 0.2) is 42.5 Å². The lowest BCUT2D eigenvalue weighted by molar-refractivity contribution is 0.214. The van der Waals surface area contributed by atoms with Crippen LogP contribution in [0.25, 0.3) is 0 Å². The average Bonchev–Trinajstić information content (AvgIpc) is 2.46. The van der Waals surface area contributed by atoms with Crippen LogP contribution < -0.4 is 4.74 Å². The summed E-state index contributed by atoms with van der Waals surface area (Å²) < 4.78 is 19.1. The summed E-state index contributed by atoms with van der Waals surface area (Å²) >= 11 is 0. The fourth-order valence-corrected chi connectivity index (χ4v) is 2.00. The van der Waals surface area contributed by atoms with Gasteiger partial charge in [0, 0.05) is 5.56 Å². The van der Waals surface area contributed by atoms with Crippen molar-refractivity contribution in [1.29, 1.82) is 0 Å². The molecule has 2 rings (SSSR count). The second kappa shape index (κ2) is 5.85. The molecule has 2 aromatic rings. The van der Waals surface area contributed by atoms with Crippen molar-refractivity contribution in [2.75, 3.05) is 7.11 Å². The molecule has 0 aromatic heterocycles. The predicted octanol–water partition coefficient (Wildman–Crippen LogP) is 3.48. The summed E-state index contributed by atoms with van der Waals surface area (Å²) in [7, 11) is 1.56. The summed E-state index contributed by atoms with van der Waals surface area (Å²) in [5, 5.41) is 10.3. The third-order valence-electron chi connectivity index (χ3n) is 3.18. The summed E-state index contributed by atoms with van der Waals surface area (Å²) in [6.45, 7) is 1.97. The number of benzene rings is 2. The first-order valence-corrected chi connectivity index (χ1v) is 6.26. The highest BCUT2D eigenvalue weighted by molar-refractivity contribution is 5.36. The molecule has 0 radical (unpaired) electrons. The Labute approximate surface area is 112 Å². The van der Waals surface area contributed by atoms with E-state index in [9.17, 15) is 9.50 Å².